The highest BCUT2D eigenvalue weighted by Gasteiger charge is 2.35. The molecule has 0 atom stereocenters. The van der Waals surface area contributed by atoms with Crippen LogP contribution in [0, 0.1) is 0 Å². The SMILES string of the molecule is CC[Si](CC)(C1=CC(C)=CC1)c1ccccc1. The summed E-state index contributed by atoms with van der Waals surface area (Å²) in [6.45, 7) is 6.97. The van der Waals surface area contributed by atoms with Gasteiger partial charge in [0, 0.05) is 0 Å². The van der Waals surface area contributed by atoms with Gasteiger partial charge in [-0.05, 0) is 13.3 Å². The molecule has 2 rings (SSSR count). The lowest BCUT2D eigenvalue weighted by Crippen LogP contribution is -2.48. The zero-order valence-corrected chi connectivity index (χ0v) is 12.2. The Kier molecular flexibility index (Phi) is 3.68. The highest BCUT2D eigenvalue weighted by molar-refractivity contribution is 6.97. The van der Waals surface area contributed by atoms with E-state index in [-0.39, 0.29) is 0 Å². The molecule has 0 aliphatic heterocycles. The molecule has 0 nitrogen and oxygen atoms in total. The second kappa shape index (κ2) is 5.05. The fourth-order valence-corrected chi connectivity index (χ4v) is 7.47. The molecule has 1 aliphatic carbocycles. The summed E-state index contributed by atoms with van der Waals surface area (Å²) in [6.07, 6.45) is 6.02. The molecule has 1 aromatic rings. The fraction of sp³-hybridized carbons (Fsp3) is 0.375. The summed E-state index contributed by atoms with van der Waals surface area (Å²) in [4.78, 5) is 0. The monoisotopic (exact) mass is 242 g/mol. The number of allylic oxidation sites excluding steroid dienone is 4. The minimum atomic E-state index is -1.42. The minimum absolute atomic E-state index is 1.19. The highest BCUT2D eigenvalue weighted by atomic mass is 28.3. The van der Waals surface area contributed by atoms with E-state index in [0.29, 0.717) is 0 Å². The van der Waals surface area contributed by atoms with Crippen molar-refractivity contribution in [3.8, 4) is 0 Å². The zero-order valence-electron chi connectivity index (χ0n) is 11.2. The van der Waals surface area contributed by atoms with Crippen LogP contribution in [0.1, 0.15) is 27.2 Å². The Morgan fingerprint density at radius 3 is 2.18 bits per heavy atom. The van der Waals surface area contributed by atoms with Crippen LogP contribution >= 0.6 is 0 Å². The molecule has 0 heterocycles. The van der Waals surface area contributed by atoms with E-state index in [1.54, 1.807) is 10.4 Å². The summed E-state index contributed by atoms with van der Waals surface area (Å²) in [6, 6.07) is 13.8. The molecule has 0 amide bonds. The summed E-state index contributed by atoms with van der Waals surface area (Å²) < 4.78 is 0. The molecule has 0 unspecified atom stereocenters. The van der Waals surface area contributed by atoms with Crippen molar-refractivity contribution in [2.75, 3.05) is 0 Å². The van der Waals surface area contributed by atoms with Crippen LogP contribution in [-0.4, -0.2) is 8.07 Å². The number of hydrogen-bond acceptors (Lipinski definition) is 0. The Morgan fingerprint density at radius 2 is 1.71 bits per heavy atom. The van der Waals surface area contributed by atoms with Gasteiger partial charge in [0.15, 0.2) is 0 Å². The maximum Gasteiger partial charge on any atom is 0.113 e. The summed E-state index contributed by atoms with van der Waals surface area (Å²) in [5.41, 5.74) is 1.45. The van der Waals surface area contributed by atoms with E-state index >= 15 is 0 Å². The van der Waals surface area contributed by atoms with Crippen LogP contribution in [0.3, 0.4) is 0 Å². The van der Waals surface area contributed by atoms with Gasteiger partial charge in [-0.2, -0.15) is 0 Å². The highest BCUT2D eigenvalue weighted by Crippen LogP contribution is 2.31. The van der Waals surface area contributed by atoms with Crippen LogP contribution in [0.15, 0.2) is 53.3 Å². The third-order valence-corrected chi connectivity index (χ3v) is 9.62. The Hall–Kier alpha value is -1.08. The Morgan fingerprint density at radius 1 is 1.06 bits per heavy atom. The lowest BCUT2D eigenvalue weighted by atomic mass is 10.3. The van der Waals surface area contributed by atoms with Gasteiger partial charge in [0.25, 0.3) is 0 Å². The van der Waals surface area contributed by atoms with Crippen molar-refractivity contribution < 1.29 is 0 Å². The second-order valence-electron chi connectivity index (χ2n) is 4.98. The van der Waals surface area contributed by atoms with E-state index in [2.05, 4.69) is 63.3 Å². The molecule has 0 fully saturated rings. The van der Waals surface area contributed by atoms with Crippen LogP contribution < -0.4 is 5.19 Å². The van der Waals surface area contributed by atoms with Gasteiger partial charge in [-0.3, -0.25) is 0 Å². The quantitative estimate of drug-likeness (QED) is 0.694. The first-order chi connectivity index (χ1) is 8.23. The van der Waals surface area contributed by atoms with Crippen LogP contribution in [0.4, 0.5) is 0 Å². The first-order valence-electron chi connectivity index (χ1n) is 6.66. The van der Waals surface area contributed by atoms with Gasteiger partial charge in [0.2, 0.25) is 0 Å². The lowest BCUT2D eigenvalue weighted by Gasteiger charge is -2.32. The molecule has 0 saturated heterocycles. The summed E-state index contributed by atoms with van der Waals surface area (Å²) in [7, 11) is -1.42. The largest absolute Gasteiger partial charge is 0.113 e. The summed E-state index contributed by atoms with van der Waals surface area (Å²) in [5, 5.41) is 3.34. The smallest absolute Gasteiger partial charge is 0.0779 e. The van der Waals surface area contributed by atoms with Gasteiger partial charge < -0.3 is 0 Å². The molecule has 0 N–H and O–H groups in total. The average molecular weight is 242 g/mol. The van der Waals surface area contributed by atoms with Gasteiger partial charge in [0.05, 0.1) is 0 Å². The van der Waals surface area contributed by atoms with Gasteiger partial charge in [0.1, 0.15) is 8.07 Å². The second-order valence-corrected chi connectivity index (χ2v) is 9.78. The molecule has 1 aliphatic rings. The van der Waals surface area contributed by atoms with Crippen molar-refractivity contribution in [1.82, 2.24) is 0 Å². The Bertz CT molecular complexity index is 436. The van der Waals surface area contributed by atoms with E-state index in [0.717, 1.165) is 0 Å². The molecule has 90 valence electrons. The van der Waals surface area contributed by atoms with Gasteiger partial charge in [-0.25, -0.2) is 0 Å². The molecule has 1 heteroatoms. The molecule has 0 spiro atoms. The van der Waals surface area contributed by atoms with Crippen molar-refractivity contribution in [3.05, 3.63) is 53.3 Å². The molecular weight excluding hydrogens is 220 g/mol. The van der Waals surface area contributed by atoms with E-state index in [9.17, 15) is 0 Å². The molecule has 1 aromatic carbocycles. The predicted molar refractivity (Wildman–Crippen MR) is 79.2 cm³/mol. The van der Waals surface area contributed by atoms with E-state index in [1.165, 1.54) is 24.1 Å². The van der Waals surface area contributed by atoms with Crippen molar-refractivity contribution >= 4 is 13.3 Å². The average Bonchev–Trinajstić information content (AvgIpc) is 2.80. The van der Waals surface area contributed by atoms with E-state index in [1.807, 2.05) is 0 Å². The number of benzene rings is 1. The van der Waals surface area contributed by atoms with E-state index in [4.69, 9.17) is 0 Å². The summed E-state index contributed by atoms with van der Waals surface area (Å²) >= 11 is 0. The fourth-order valence-electron chi connectivity index (χ4n) is 3.05. The van der Waals surface area contributed by atoms with Gasteiger partial charge in [-0.15, -0.1) is 0 Å². The first-order valence-corrected chi connectivity index (χ1v) is 9.07. The molecule has 0 radical (unpaired) electrons. The Balaban J connectivity index is 2.44. The normalized spacial score (nSPS) is 15.7. The molecule has 17 heavy (non-hydrogen) atoms. The third-order valence-electron chi connectivity index (χ3n) is 4.19. The minimum Gasteiger partial charge on any atom is -0.0779 e. The number of hydrogen-bond donors (Lipinski definition) is 0. The maximum absolute atomic E-state index is 2.45. The molecule has 0 bridgehead atoms. The number of rotatable bonds is 4. The van der Waals surface area contributed by atoms with Gasteiger partial charge in [-0.1, -0.05) is 84.4 Å². The lowest BCUT2D eigenvalue weighted by molar-refractivity contribution is 1.22. The van der Waals surface area contributed by atoms with Crippen LogP contribution in [0.5, 0.6) is 0 Å². The summed E-state index contributed by atoms with van der Waals surface area (Å²) in [5.74, 6) is 0. The van der Waals surface area contributed by atoms with Crippen LogP contribution in [0.25, 0.3) is 0 Å². The molecule has 0 saturated carbocycles. The van der Waals surface area contributed by atoms with Crippen molar-refractivity contribution in [3.63, 3.8) is 0 Å². The van der Waals surface area contributed by atoms with Crippen LogP contribution in [-0.2, 0) is 0 Å². The molecular formula is C16H22Si. The predicted octanol–water partition coefficient (Wildman–Crippen LogP) is 4.20. The van der Waals surface area contributed by atoms with Crippen molar-refractivity contribution in [2.24, 2.45) is 0 Å². The van der Waals surface area contributed by atoms with E-state index < -0.39 is 8.07 Å². The maximum atomic E-state index is 2.45. The van der Waals surface area contributed by atoms with Crippen LogP contribution in [0.2, 0.25) is 12.1 Å². The molecule has 0 aromatic heterocycles. The van der Waals surface area contributed by atoms with Gasteiger partial charge >= 0.3 is 0 Å². The van der Waals surface area contributed by atoms with Crippen molar-refractivity contribution in [2.45, 2.75) is 39.3 Å². The standard InChI is InChI=1S/C16H22Si/c1-4-17(5-2,15-9-7-6-8-10-15)16-12-11-14(3)13-16/h6-11,13H,4-5,12H2,1-3H3. The topological polar surface area (TPSA) is 0 Å². The first kappa shape index (κ1) is 12.4. The van der Waals surface area contributed by atoms with Crippen molar-refractivity contribution in [1.29, 1.82) is 0 Å². The third kappa shape index (κ3) is 2.16. The zero-order chi connectivity index (χ0) is 12.3. The Labute approximate surface area is 106 Å².